The number of aliphatic hydroxyl groups is 1. The van der Waals surface area contributed by atoms with Crippen LogP contribution in [0.1, 0.15) is 12.5 Å². The fourth-order valence-electron chi connectivity index (χ4n) is 1.67. The maximum absolute atomic E-state index is 9.58. The lowest BCUT2D eigenvalue weighted by molar-refractivity contribution is 0.0305. The minimum Gasteiger partial charge on any atom is -0.386 e. The Morgan fingerprint density at radius 3 is 2.87 bits per heavy atom. The molecule has 78 valence electrons. The van der Waals surface area contributed by atoms with Crippen molar-refractivity contribution in [2.24, 2.45) is 0 Å². The predicted molar refractivity (Wildman–Crippen MR) is 56.8 cm³/mol. The van der Waals surface area contributed by atoms with Crippen LogP contribution in [0, 0.1) is 11.3 Å². The minimum atomic E-state index is -0.673. The summed E-state index contributed by atoms with van der Waals surface area (Å²) >= 11 is 6.00. The van der Waals surface area contributed by atoms with Crippen molar-refractivity contribution in [3.63, 3.8) is 0 Å². The van der Waals surface area contributed by atoms with Gasteiger partial charge in [-0.05, 0) is 13.0 Å². The number of β-amino-alcohol motifs (C(OH)–C–C–N with tert-alkyl or cyclic N) is 1. The highest BCUT2D eigenvalue weighted by Crippen LogP contribution is 2.32. The van der Waals surface area contributed by atoms with E-state index in [2.05, 4.69) is 4.98 Å². The second-order valence-electron chi connectivity index (χ2n) is 3.96. The van der Waals surface area contributed by atoms with Crippen LogP contribution in [0.4, 0.5) is 5.82 Å². The molecule has 4 nitrogen and oxygen atoms in total. The maximum Gasteiger partial charge on any atom is 0.148 e. The van der Waals surface area contributed by atoms with Crippen molar-refractivity contribution in [3.8, 4) is 6.07 Å². The molecule has 2 rings (SSSR count). The second-order valence-corrected chi connectivity index (χ2v) is 4.34. The molecule has 1 fully saturated rings. The van der Waals surface area contributed by atoms with E-state index < -0.39 is 5.60 Å². The highest BCUT2D eigenvalue weighted by atomic mass is 35.5. The van der Waals surface area contributed by atoms with Crippen LogP contribution in [0.15, 0.2) is 12.3 Å². The lowest BCUT2D eigenvalue weighted by atomic mass is 9.97. The van der Waals surface area contributed by atoms with Crippen molar-refractivity contribution in [2.75, 3.05) is 18.0 Å². The standard InChI is InChI=1S/C10H10ClN3O/c1-10(15)5-14(6-10)9-8(11)7(4-12)2-3-13-9/h2-3,15H,5-6H2,1H3. The summed E-state index contributed by atoms with van der Waals surface area (Å²) in [5.74, 6) is 0.572. The zero-order valence-electron chi connectivity index (χ0n) is 8.24. The van der Waals surface area contributed by atoms with Gasteiger partial charge in [-0.25, -0.2) is 4.98 Å². The Kier molecular flexibility index (Phi) is 2.29. The Balaban J connectivity index is 2.28. The van der Waals surface area contributed by atoms with Crippen LogP contribution in [-0.4, -0.2) is 28.8 Å². The second kappa shape index (κ2) is 3.37. The minimum absolute atomic E-state index is 0.357. The Hall–Kier alpha value is -1.31. The average Bonchev–Trinajstić information content (AvgIpc) is 2.14. The zero-order chi connectivity index (χ0) is 11.1. The number of nitrogens with zero attached hydrogens (tertiary/aromatic N) is 3. The van der Waals surface area contributed by atoms with E-state index in [0.29, 0.717) is 29.5 Å². The van der Waals surface area contributed by atoms with Crippen molar-refractivity contribution in [1.82, 2.24) is 4.98 Å². The molecule has 2 heterocycles. The third-order valence-corrected chi connectivity index (χ3v) is 2.73. The molecule has 1 saturated heterocycles. The molecule has 0 bridgehead atoms. The molecular weight excluding hydrogens is 214 g/mol. The summed E-state index contributed by atoms with van der Waals surface area (Å²) in [6.45, 7) is 2.74. The fraction of sp³-hybridized carbons (Fsp3) is 0.400. The van der Waals surface area contributed by atoms with Gasteiger partial charge in [-0.1, -0.05) is 11.6 Å². The molecule has 1 aromatic rings. The van der Waals surface area contributed by atoms with E-state index >= 15 is 0 Å². The van der Waals surface area contributed by atoms with Gasteiger partial charge in [0.25, 0.3) is 0 Å². The highest BCUT2D eigenvalue weighted by molar-refractivity contribution is 6.34. The van der Waals surface area contributed by atoms with E-state index in [1.54, 1.807) is 19.2 Å². The number of nitriles is 1. The third kappa shape index (κ3) is 1.76. The van der Waals surface area contributed by atoms with Crippen molar-refractivity contribution in [3.05, 3.63) is 22.8 Å². The summed E-state index contributed by atoms with van der Waals surface area (Å²) in [5.41, 5.74) is -0.263. The van der Waals surface area contributed by atoms with Crippen LogP contribution < -0.4 is 4.90 Å². The van der Waals surface area contributed by atoms with E-state index in [1.165, 1.54) is 0 Å². The topological polar surface area (TPSA) is 60.1 Å². The molecule has 1 aliphatic rings. The van der Waals surface area contributed by atoms with E-state index in [4.69, 9.17) is 16.9 Å². The predicted octanol–water partition coefficient (Wildman–Crippen LogP) is 1.18. The third-order valence-electron chi connectivity index (χ3n) is 2.35. The van der Waals surface area contributed by atoms with E-state index in [9.17, 15) is 5.11 Å². The smallest absolute Gasteiger partial charge is 0.148 e. The molecule has 0 saturated carbocycles. The Bertz CT molecular complexity index is 431. The maximum atomic E-state index is 9.58. The largest absolute Gasteiger partial charge is 0.386 e. The van der Waals surface area contributed by atoms with Gasteiger partial charge in [0.05, 0.1) is 11.2 Å². The molecule has 0 unspecified atom stereocenters. The van der Waals surface area contributed by atoms with Crippen molar-refractivity contribution < 1.29 is 5.11 Å². The molecule has 1 aliphatic heterocycles. The first-order valence-electron chi connectivity index (χ1n) is 4.55. The van der Waals surface area contributed by atoms with Crippen molar-refractivity contribution in [2.45, 2.75) is 12.5 Å². The summed E-state index contributed by atoms with van der Waals surface area (Å²) in [6.07, 6.45) is 1.55. The number of rotatable bonds is 1. The van der Waals surface area contributed by atoms with Gasteiger partial charge in [0.15, 0.2) is 0 Å². The number of pyridine rings is 1. The number of halogens is 1. The molecule has 0 amide bonds. The molecule has 15 heavy (non-hydrogen) atoms. The van der Waals surface area contributed by atoms with Crippen LogP contribution in [0.3, 0.4) is 0 Å². The van der Waals surface area contributed by atoms with Gasteiger partial charge >= 0.3 is 0 Å². The average molecular weight is 224 g/mol. The molecule has 0 radical (unpaired) electrons. The van der Waals surface area contributed by atoms with Crippen LogP contribution in [0.25, 0.3) is 0 Å². The van der Waals surface area contributed by atoms with Gasteiger partial charge in [0.1, 0.15) is 16.9 Å². The van der Waals surface area contributed by atoms with Crippen LogP contribution in [0.2, 0.25) is 5.02 Å². The number of hydrogen-bond donors (Lipinski definition) is 1. The van der Waals surface area contributed by atoms with Gasteiger partial charge in [-0.2, -0.15) is 5.26 Å². The van der Waals surface area contributed by atoms with Gasteiger partial charge < -0.3 is 10.0 Å². The molecular formula is C10H10ClN3O. The van der Waals surface area contributed by atoms with E-state index in [1.807, 2.05) is 11.0 Å². The summed E-state index contributed by atoms with van der Waals surface area (Å²) < 4.78 is 0. The van der Waals surface area contributed by atoms with E-state index in [-0.39, 0.29) is 0 Å². The molecule has 0 atom stereocenters. The van der Waals surface area contributed by atoms with Crippen LogP contribution in [0.5, 0.6) is 0 Å². The van der Waals surface area contributed by atoms with Crippen LogP contribution in [-0.2, 0) is 0 Å². The normalized spacial score (nSPS) is 18.1. The molecule has 1 aromatic heterocycles. The molecule has 0 aliphatic carbocycles. The van der Waals surface area contributed by atoms with Crippen molar-refractivity contribution >= 4 is 17.4 Å². The molecule has 0 aromatic carbocycles. The van der Waals surface area contributed by atoms with Gasteiger partial charge in [0, 0.05) is 19.3 Å². The molecule has 5 heteroatoms. The zero-order valence-corrected chi connectivity index (χ0v) is 8.99. The lowest BCUT2D eigenvalue weighted by Gasteiger charge is -2.45. The van der Waals surface area contributed by atoms with Gasteiger partial charge in [-0.15, -0.1) is 0 Å². The highest BCUT2D eigenvalue weighted by Gasteiger charge is 2.38. The Labute approximate surface area is 92.7 Å². The Morgan fingerprint density at radius 1 is 1.67 bits per heavy atom. The summed E-state index contributed by atoms with van der Waals surface area (Å²) in [4.78, 5) is 5.96. The molecule has 1 N–H and O–H groups in total. The fourth-order valence-corrected chi connectivity index (χ4v) is 1.94. The molecule has 0 spiro atoms. The number of hydrogen-bond acceptors (Lipinski definition) is 4. The number of anilines is 1. The Morgan fingerprint density at radius 2 is 2.33 bits per heavy atom. The van der Waals surface area contributed by atoms with E-state index in [0.717, 1.165) is 0 Å². The van der Waals surface area contributed by atoms with Gasteiger partial charge in [0.2, 0.25) is 0 Å². The van der Waals surface area contributed by atoms with Gasteiger partial charge in [-0.3, -0.25) is 0 Å². The quantitative estimate of drug-likeness (QED) is 0.777. The first-order valence-corrected chi connectivity index (χ1v) is 4.93. The summed E-state index contributed by atoms with van der Waals surface area (Å²) in [5, 5.41) is 18.7. The van der Waals surface area contributed by atoms with Crippen LogP contribution >= 0.6 is 11.6 Å². The SMILES string of the molecule is CC1(O)CN(c2nccc(C#N)c2Cl)C1. The summed E-state index contributed by atoms with van der Waals surface area (Å²) in [7, 11) is 0. The first-order chi connectivity index (χ1) is 7.03. The summed E-state index contributed by atoms with van der Waals surface area (Å²) in [6, 6.07) is 3.57. The monoisotopic (exact) mass is 223 g/mol. The van der Waals surface area contributed by atoms with Crippen molar-refractivity contribution in [1.29, 1.82) is 5.26 Å². The first kappa shape index (κ1) is 10.2. The lowest BCUT2D eigenvalue weighted by Crippen LogP contribution is -2.60. The number of aromatic nitrogens is 1.